The van der Waals surface area contributed by atoms with Gasteiger partial charge in [0.1, 0.15) is 17.8 Å². The number of likely N-dealkylation sites (tertiary alicyclic amines) is 1. The first kappa shape index (κ1) is 20.9. The van der Waals surface area contributed by atoms with Crippen molar-refractivity contribution in [2.75, 3.05) is 18.4 Å². The molecule has 0 unspecified atom stereocenters. The number of fused-ring (bicyclic) bond motifs is 1. The van der Waals surface area contributed by atoms with Gasteiger partial charge in [-0.2, -0.15) is 0 Å². The molecule has 4 aromatic rings. The summed E-state index contributed by atoms with van der Waals surface area (Å²) in [7, 11) is 0. The summed E-state index contributed by atoms with van der Waals surface area (Å²) >= 11 is 0. The van der Waals surface area contributed by atoms with Gasteiger partial charge in [-0.05, 0) is 50.1 Å². The van der Waals surface area contributed by atoms with E-state index in [1.54, 1.807) is 18.7 Å². The minimum atomic E-state index is -0.0366. The SMILES string of the molecule is Cc1ccc2ncnc(NCCC(=O)N3CCC[C@@H]3c3ccnc(-c4ccccn4)n3)c2c1. The highest BCUT2D eigenvalue weighted by Crippen LogP contribution is 2.32. The molecule has 0 aliphatic carbocycles. The molecule has 166 valence electrons. The van der Waals surface area contributed by atoms with Gasteiger partial charge in [-0.3, -0.25) is 9.78 Å². The van der Waals surface area contributed by atoms with Gasteiger partial charge in [-0.1, -0.05) is 17.7 Å². The van der Waals surface area contributed by atoms with Crippen molar-refractivity contribution in [3.05, 3.63) is 72.4 Å². The molecule has 1 saturated heterocycles. The van der Waals surface area contributed by atoms with Gasteiger partial charge in [-0.25, -0.2) is 19.9 Å². The smallest absolute Gasteiger partial charge is 0.224 e. The number of pyridine rings is 1. The van der Waals surface area contributed by atoms with Gasteiger partial charge < -0.3 is 10.2 Å². The number of carbonyl (C=O) groups excluding carboxylic acids is 1. The first-order valence-electron chi connectivity index (χ1n) is 11.2. The Labute approximate surface area is 192 Å². The second-order valence-electron chi connectivity index (χ2n) is 8.18. The fourth-order valence-corrected chi connectivity index (χ4v) is 4.29. The van der Waals surface area contributed by atoms with Crippen molar-refractivity contribution in [2.24, 2.45) is 0 Å². The molecule has 1 fully saturated rings. The van der Waals surface area contributed by atoms with Crippen LogP contribution in [0.25, 0.3) is 22.4 Å². The molecule has 1 atom stereocenters. The lowest BCUT2D eigenvalue weighted by molar-refractivity contribution is -0.131. The Morgan fingerprint density at radius 1 is 1.09 bits per heavy atom. The molecule has 1 amide bonds. The van der Waals surface area contributed by atoms with E-state index >= 15 is 0 Å². The van der Waals surface area contributed by atoms with Crippen molar-refractivity contribution in [3.63, 3.8) is 0 Å². The minimum Gasteiger partial charge on any atom is -0.369 e. The molecule has 1 aromatic carbocycles. The number of hydrogen-bond acceptors (Lipinski definition) is 7. The number of nitrogens with one attached hydrogen (secondary N) is 1. The Bertz CT molecular complexity index is 1280. The van der Waals surface area contributed by atoms with Crippen molar-refractivity contribution < 1.29 is 4.79 Å². The maximum Gasteiger partial charge on any atom is 0.224 e. The predicted octanol–water partition coefficient (Wildman–Crippen LogP) is 3.96. The van der Waals surface area contributed by atoms with Crippen LogP contribution in [0.1, 0.15) is 36.6 Å². The lowest BCUT2D eigenvalue weighted by Gasteiger charge is -2.24. The Balaban J connectivity index is 1.26. The summed E-state index contributed by atoms with van der Waals surface area (Å²) in [5.41, 5.74) is 3.62. The van der Waals surface area contributed by atoms with E-state index in [1.165, 1.54) is 0 Å². The fourth-order valence-electron chi connectivity index (χ4n) is 4.29. The van der Waals surface area contributed by atoms with E-state index in [1.807, 2.05) is 48.2 Å². The van der Waals surface area contributed by atoms with Crippen LogP contribution >= 0.6 is 0 Å². The molecule has 0 radical (unpaired) electrons. The van der Waals surface area contributed by atoms with Crippen molar-refractivity contribution in [1.29, 1.82) is 0 Å². The Morgan fingerprint density at radius 2 is 2.03 bits per heavy atom. The summed E-state index contributed by atoms with van der Waals surface area (Å²) in [4.78, 5) is 37.2. The fraction of sp³-hybridized carbons (Fsp3) is 0.280. The summed E-state index contributed by atoms with van der Waals surface area (Å²) in [6, 6.07) is 13.6. The average molecular weight is 440 g/mol. The monoisotopic (exact) mass is 439 g/mol. The van der Waals surface area contributed by atoms with Gasteiger partial charge in [-0.15, -0.1) is 0 Å². The summed E-state index contributed by atoms with van der Waals surface area (Å²) in [5, 5.41) is 4.29. The number of hydrogen-bond donors (Lipinski definition) is 1. The molecule has 5 rings (SSSR count). The molecule has 1 N–H and O–H groups in total. The van der Waals surface area contributed by atoms with Crippen molar-refractivity contribution in [2.45, 2.75) is 32.2 Å². The average Bonchev–Trinajstić information content (AvgIpc) is 3.35. The molecule has 33 heavy (non-hydrogen) atoms. The largest absolute Gasteiger partial charge is 0.369 e. The van der Waals surface area contributed by atoms with E-state index in [9.17, 15) is 4.79 Å². The molecule has 3 aromatic heterocycles. The number of benzene rings is 1. The molecule has 4 heterocycles. The van der Waals surface area contributed by atoms with E-state index in [0.29, 0.717) is 18.8 Å². The number of anilines is 1. The van der Waals surface area contributed by atoms with E-state index in [0.717, 1.165) is 53.1 Å². The second kappa shape index (κ2) is 9.28. The summed E-state index contributed by atoms with van der Waals surface area (Å²) in [5.74, 6) is 1.45. The number of amides is 1. The van der Waals surface area contributed by atoms with Crippen molar-refractivity contribution >= 4 is 22.6 Å². The molecule has 1 aliphatic heterocycles. The Hall–Kier alpha value is -3.94. The third-order valence-electron chi connectivity index (χ3n) is 5.91. The molecule has 0 spiro atoms. The number of rotatable bonds is 6. The van der Waals surface area contributed by atoms with E-state index in [-0.39, 0.29) is 11.9 Å². The molecule has 0 saturated carbocycles. The highest BCUT2D eigenvalue weighted by Gasteiger charge is 2.31. The highest BCUT2D eigenvalue weighted by molar-refractivity contribution is 5.89. The van der Waals surface area contributed by atoms with Crippen LogP contribution < -0.4 is 5.32 Å². The second-order valence-corrected chi connectivity index (χ2v) is 8.18. The van der Waals surface area contributed by atoms with Crippen LogP contribution in [0, 0.1) is 6.92 Å². The van der Waals surface area contributed by atoms with Crippen LogP contribution in [-0.2, 0) is 4.79 Å². The van der Waals surface area contributed by atoms with Crippen LogP contribution in [0.2, 0.25) is 0 Å². The topological polar surface area (TPSA) is 96.8 Å². The minimum absolute atomic E-state index is 0.0366. The highest BCUT2D eigenvalue weighted by atomic mass is 16.2. The van der Waals surface area contributed by atoms with Gasteiger partial charge in [0.2, 0.25) is 5.91 Å². The zero-order valence-corrected chi connectivity index (χ0v) is 18.5. The van der Waals surface area contributed by atoms with Gasteiger partial charge in [0.25, 0.3) is 0 Å². The normalized spacial score (nSPS) is 15.7. The van der Waals surface area contributed by atoms with Crippen molar-refractivity contribution in [3.8, 4) is 11.5 Å². The molecule has 0 bridgehead atoms. The van der Waals surface area contributed by atoms with E-state index in [4.69, 9.17) is 4.98 Å². The molecular weight excluding hydrogens is 414 g/mol. The zero-order valence-electron chi connectivity index (χ0n) is 18.5. The van der Waals surface area contributed by atoms with Gasteiger partial charge in [0, 0.05) is 37.3 Å². The first-order chi connectivity index (χ1) is 16.2. The molecule has 8 heteroatoms. The van der Waals surface area contributed by atoms with Crippen LogP contribution in [0.3, 0.4) is 0 Å². The van der Waals surface area contributed by atoms with Gasteiger partial charge in [0.15, 0.2) is 5.82 Å². The Morgan fingerprint density at radius 3 is 2.91 bits per heavy atom. The number of nitrogens with zero attached hydrogens (tertiary/aromatic N) is 6. The van der Waals surface area contributed by atoms with Crippen LogP contribution in [0.4, 0.5) is 5.82 Å². The Kier molecular flexibility index (Phi) is 5.89. The lowest BCUT2D eigenvalue weighted by atomic mass is 10.1. The van der Waals surface area contributed by atoms with Crippen LogP contribution in [0.5, 0.6) is 0 Å². The summed E-state index contributed by atoms with van der Waals surface area (Å²) in [6.07, 6.45) is 7.26. The third-order valence-corrected chi connectivity index (χ3v) is 5.91. The molecule has 1 aliphatic rings. The maximum atomic E-state index is 13.1. The van der Waals surface area contributed by atoms with Gasteiger partial charge >= 0.3 is 0 Å². The van der Waals surface area contributed by atoms with E-state index in [2.05, 4.69) is 31.3 Å². The van der Waals surface area contributed by atoms with Crippen LogP contribution in [-0.4, -0.2) is 48.8 Å². The summed E-state index contributed by atoms with van der Waals surface area (Å²) in [6.45, 7) is 3.28. The zero-order chi connectivity index (χ0) is 22.6. The predicted molar refractivity (Wildman–Crippen MR) is 126 cm³/mol. The van der Waals surface area contributed by atoms with E-state index < -0.39 is 0 Å². The maximum absolute atomic E-state index is 13.1. The first-order valence-corrected chi connectivity index (χ1v) is 11.2. The number of carbonyl (C=O) groups is 1. The number of aromatic nitrogens is 5. The number of aryl methyl sites for hydroxylation is 1. The standard InChI is InChI=1S/C25H25N7O/c1-17-7-8-19-18(15-17)24(30-16-29-19)27-13-10-23(33)32-14-4-6-22(32)20-9-12-28-25(31-20)21-5-2-3-11-26-21/h2-3,5,7-9,11-12,15-16,22H,4,6,10,13-14H2,1H3,(H,27,29,30)/t22-/m1/s1. The van der Waals surface area contributed by atoms with Crippen LogP contribution in [0.15, 0.2) is 61.2 Å². The van der Waals surface area contributed by atoms with Crippen molar-refractivity contribution in [1.82, 2.24) is 29.8 Å². The summed E-state index contributed by atoms with van der Waals surface area (Å²) < 4.78 is 0. The van der Waals surface area contributed by atoms with Gasteiger partial charge in [0.05, 0.1) is 17.3 Å². The molecular formula is C25H25N7O. The lowest BCUT2D eigenvalue weighted by Crippen LogP contribution is -2.32. The molecule has 8 nitrogen and oxygen atoms in total. The quantitative estimate of drug-likeness (QED) is 0.486. The third kappa shape index (κ3) is 4.50.